The average molecular weight is 355 g/mol. The van der Waals surface area contributed by atoms with Gasteiger partial charge in [0.05, 0.1) is 6.10 Å². The summed E-state index contributed by atoms with van der Waals surface area (Å²) in [6.45, 7) is 1.37. The number of carboxylic acid groups (broad SMARTS) is 1. The van der Waals surface area contributed by atoms with Crippen molar-refractivity contribution in [3.63, 3.8) is 0 Å². The van der Waals surface area contributed by atoms with Gasteiger partial charge in [0, 0.05) is 31.3 Å². The van der Waals surface area contributed by atoms with E-state index in [9.17, 15) is 24.6 Å². The van der Waals surface area contributed by atoms with Crippen molar-refractivity contribution in [2.75, 3.05) is 6.54 Å². The lowest BCUT2D eigenvalue weighted by atomic mass is 10.1. The molecule has 1 aliphatic heterocycles. The zero-order chi connectivity index (χ0) is 17.9. The van der Waals surface area contributed by atoms with E-state index in [0.29, 0.717) is 10.6 Å². The molecule has 0 bridgehead atoms. The molecule has 1 heterocycles. The fourth-order valence-electron chi connectivity index (χ4n) is 2.78. The number of amides is 2. The van der Waals surface area contributed by atoms with Crippen LogP contribution >= 0.6 is 11.6 Å². The normalized spacial score (nSPS) is 21.4. The molecule has 0 unspecified atom stereocenters. The van der Waals surface area contributed by atoms with Gasteiger partial charge in [0.1, 0.15) is 12.1 Å². The maximum Gasteiger partial charge on any atom is 0.326 e. The molecule has 130 valence electrons. The number of aliphatic carboxylic acids is 1. The number of carbonyl (C=O) groups is 3. The zero-order valence-electron chi connectivity index (χ0n) is 13.1. The molecule has 3 atom stereocenters. The van der Waals surface area contributed by atoms with E-state index >= 15 is 0 Å². The predicted octanol–water partition coefficient (Wildman–Crippen LogP) is 0.434. The van der Waals surface area contributed by atoms with Crippen LogP contribution in [0.25, 0.3) is 0 Å². The molecule has 3 N–H and O–H groups in total. The summed E-state index contributed by atoms with van der Waals surface area (Å²) in [6, 6.07) is 4.70. The Morgan fingerprint density at radius 2 is 2.12 bits per heavy atom. The third-order valence-corrected chi connectivity index (χ3v) is 4.16. The monoisotopic (exact) mass is 354 g/mol. The highest BCUT2D eigenvalue weighted by atomic mass is 35.5. The first-order valence-corrected chi connectivity index (χ1v) is 7.88. The van der Waals surface area contributed by atoms with Gasteiger partial charge in [-0.2, -0.15) is 0 Å². The number of hydrogen-bond donors (Lipinski definition) is 3. The molecule has 2 rings (SSSR count). The summed E-state index contributed by atoms with van der Waals surface area (Å²) < 4.78 is 0. The van der Waals surface area contributed by atoms with Gasteiger partial charge < -0.3 is 20.4 Å². The van der Waals surface area contributed by atoms with Crippen LogP contribution in [0.3, 0.4) is 0 Å². The number of β-amino-alcohol motifs (C(OH)–C–C–N with tert-alkyl or cyclic N) is 1. The van der Waals surface area contributed by atoms with E-state index in [-0.39, 0.29) is 25.3 Å². The molecule has 1 aromatic carbocycles. The van der Waals surface area contributed by atoms with Crippen molar-refractivity contribution in [1.29, 1.82) is 0 Å². The van der Waals surface area contributed by atoms with Crippen molar-refractivity contribution in [2.24, 2.45) is 0 Å². The largest absolute Gasteiger partial charge is 0.480 e. The molecule has 2 amide bonds. The Morgan fingerprint density at radius 3 is 2.71 bits per heavy atom. The topological polar surface area (TPSA) is 107 Å². The predicted molar refractivity (Wildman–Crippen MR) is 86.5 cm³/mol. The van der Waals surface area contributed by atoms with Crippen molar-refractivity contribution in [3.05, 3.63) is 34.9 Å². The van der Waals surface area contributed by atoms with Crippen molar-refractivity contribution >= 4 is 29.4 Å². The lowest BCUT2D eigenvalue weighted by Crippen LogP contribution is -2.51. The van der Waals surface area contributed by atoms with Crippen LogP contribution < -0.4 is 5.32 Å². The Kier molecular flexibility index (Phi) is 5.80. The van der Waals surface area contributed by atoms with E-state index < -0.39 is 30.1 Å². The molecule has 0 aromatic heterocycles. The van der Waals surface area contributed by atoms with E-state index in [1.807, 2.05) is 0 Å². The highest BCUT2D eigenvalue weighted by Gasteiger charge is 2.38. The summed E-state index contributed by atoms with van der Waals surface area (Å²) >= 11 is 5.88. The molecular weight excluding hydrogens is 336 g/mol. The van der Waals surface area contributed by atoms with Gasteiger partial charge in [0.2, 0.25) is 11.8 Å². The number of rotatable bonds is 5. The molecular formula is C16H19ClN2O5. The minimum atomic E-state index is -1.18. The number of nitrogens with one attached hydrogen (secondary N) is 1. The number of nitrogens with zero attached hydrogens (tertiary/aromatic N) is 1. The van der Waals surface area contributed by atoms with Crippen LogP contribution in [0.5, 0.6) is 0 Å². The van der Waals surface area contributed by atoms with E-state index in [1.54, 1.807) is 24.3 Å². The zero-order valence-corrected chi connectivity index (χ0v) is 13.9. The fraction of sp³-hybridized carbons (Fsp3) is 0.438. The average Bonchev–Trinajstić information content (AvgIpc) is 2.89. The molecule has 0 spiro atoms. The molecule has 7 nitrogen and oxygen atoms in total. The van der Waals surface area contributed by atoms with E-state index in [0.717, 1.165) is 0 Å². The second-order valence-electron chi connectivity index (χ2n) is 5.81. The lowest BCUT2D eigenvalue weighted by Gasteiger charge is -2.24. The van der Waals surface area contributed by atoms with Crippen LogP contribution in [0.2, 0.25) is 5.02 Å². The van der Waals surface area contributed by atoms with Gasteiger partial charge in [-0.05, 0) is 17.7 Å². The summed E-state index contributed by atoms with van der Waals surface area (Å²) in [7, 11) is 0. The molecule has 0 saturated carbocycles. The molecule has 24 heavy (non-hydrogen) atoms. The van der Waals surface area contributed by atoms with Crippen molar-refractivity contribution in [1.82, 2.24) is 10.2 Å². The minimum Gasteiger partial charge on any atom is -0.480 e. The number of carbonyl (C=O) groups excluding carboxylic acids is 2. The Hall–Kier alpha value is -2.12. The van der Waals surface area contributed by atoms with Crippen LogP contribution in [0.1, 0.15) is 18.9 Å². The van der Waals surface area contributed by atoms with Crippen LogP contribution in [-0.4, -0.2) is 57.6 Å². The van der Waals surface area contributed by atoms with Crippen molar-refractivity contribution in [3.8, 4) is 0 Å². The molecule has 1 saturated heterocycles. The first-order chi connectivity index (χ1) is 11.3. The molecule has 1 aromatic rings. The number of hydrogen-bond acceptors (Lipinski definition) is 4. The highest BCUT2D eigenvalue weighted by molar-refractivity contribution is 6.30. The van der Waals surface area contributed by atoms with Crippen molar-refractivity contribution in [2.45, 2.75) is 38.0 Å². The minimum absolute atomic E-state index is 0.0664. The smallest absolute Gasteiger partial charge is 0.326 e. The molecule has 0 aliphatic carbocycles. The Bertz CT molecular complexity index is 651. The second-order valence-corrected chi connectivity index (χ2v) is 6.25. The fourth-order valence-corrected chi connectivity index (χ4v) is 2.99. The second kappa shape index (κ2) is 7.63. The van der Waals surface area contributed by atoms with E-state index in [2.05, 4.69) is 5.32 Å². The van der Waals surface area contributed by atoms with E-state index in [1.165, 1.54) is 11.8 Å². The Morgan fingerprint density at radius 1 is 1.42 bits per heavy atom. The summed E-state index contributed by atoms with van der Waals surface area (Å²) in [5, 5.41) is 21.9. The number of benzene rings is 1. The van der Waals surface area contributed by atoms with Crippen LogP contribution in [0.15, 0.2) is 24.3 Å². The van der Waals surface area contributed by atoms with Crippen LogP contribution in [0.4, 0.5) is 0 Å². The maximum atomic E-state index is 12.4. The summed E-state index contributed by atoms with van der Waals surface area (Å²) in [6.07, 6.45) is -0.632. The third kappa shape index (κ3) is 4.46. The summed E-state index contributed by atoms with van der Waals surface area (Å²) in [4.78, 5) is 36.6. The van der Waals surface area contributed by atoms with Gasteiger partial charge in [-0.15, -0.1) is 0 Å². The highest BCUT2D eigenvalue weighted by Crippen LogP contribution is 2.19. The summed E-state index contributed by atoms with van der Waals surface area (Å²) in [5.41, 5.74) is 0.671. The maximum absolute atomic E-state index is 12.4. The van der Waals surface area contributed by atoms with Crippen LogP contribution in [-0.2, 0) is 20.8 Å². The number of aliphatic hydroxyl groups excluding tert-OH is 1. The third-order valence-electron chi connectivity index (χ3n) is 3.93. The molecule has 1 fully saturated rings. The number of halogens is 1. The first-order valence-electron chi connectivity index (χ1n) is 7.51. The Balaban J connectivity index is 2.08. The van der Waals surface area contributed by atoms with E-state index in [4.69, 9.17) is 11.6 Å². The van der Waals surface area contributed by atoms with Gasteiger partial charge in [0.15, 0.2) is 0 Å². The Labute approximate surface area is 144 Å². The van der Waals surface area contributed by atoms with Crippen LogP contribution in [0, 0.1) is 0 Å². The lowest BCUT2D eigenvalue weighted by molar-refractivity contribution is -0.143. The quantitative estimate of drug-likeness (QED) is 0.711. The van der Waals surface area contributed by atoms with Gasteiger partial charge in [-0.1, -0.05) is 23.7 Å². The SMILES string of the molecule is CC(=O)N1C[C@H](O)C[C@H]1C(=O)N[C@@H](Cc1cccc(Cl)c1)C(=O)O. The number of aliphatic hydroxyl groups is 1. The number of carboxylic acids is 1. The molecule has 8 heteroatoms. The summed E-state index contributed by atoms with van der Waals surface area (Å²) in [5.74, 6) is -2.11. The van der Waals surface area contributed by atoms with Crippen molar-refractivity contribution < 1.29 is 24.6 Å². The van der Waals surface area contributed by atoms with Gasteiger partial charge in [-0.3, -0.25) is 9.59 Å². The standard InChI is InChI=1S/C16H19ClN2O5/c1-9(20)19-8-12(21)7-14(19)15(22)18-13(16(23)24)6-10-3-2-4-11(17)5-10/h2-5,12-14,21H,6-8H2,1H3,(H,18,22)(H,23,24)/t12-,13+,14+/m1/s1. The van der Waals surface area contributed by atoms with Gasteiger partial charge >= 0.3 is 5.97 Å². The molecule has 1 aliphatic rings. The van der Waals surface area contributed by atoms with Gasteiger partial charge in [0.25, 0.3) is 0 Å². The van der Waals surface area contributed by atoms with Gasteiger partial charge in [-0.25, -0.2) is 4.79 Å². The molecule has 0 radical (unpaired) electrons. The first kappa shape index (κ1) is 18.2. The number of likely N-dealkylation sites (tertiary alicyclic amines) is 1.